The zero-order valence-electron chi connectivity index (χ0n) is 13.2. The summed E-state index contributed by atoms with van der Waals surface area (Å²) in [5, 5.41) is 0. The predicted octanol–water partition coefficient (Wildman–Crippen LogP) is 1.26. The van der Waals surface area contributed by atoms with Crippen molar-refractivity contribution in [2.45, 2.75) is 37.6 Å². The van der Waals surface area contributed by atoms with Crippen molar-refractivity contribution < 1.29 is 14.2 Å². The van der Waals surface area contributed by atoms with E-state index in [9.17, 15) is 0 Å². The first-order valence-electron chi connectivity index (χ1n) is 7.81. The molecule has 0 saturated heterocycles. The third kappa shape index (κ3) is 6.06. The van der Waals surface area contributed by atoms with Crippen LogP contribution in [0.15, 0.2) is 0 Å². The van der Waals surface area contributed by atoms with Gasteiger partial charge in [-0.1, -0.05) is 19.3 Å². The largest absolute Gasteiger partial charge is 0.382 e. The van der Waals surface area contributed by atoms with Crippen molar-refractivity contribution in [3.8, 4) is 0 Å². The van der Waals surface area contributed by atoms with Crippen molar-refractivity contribution in [1.29, 1.82) is 0 Å². The Bertz CT molecular complexity index is 233. The van der Waals surface area contributed by atoms with E-state index < -0.39 is 0 Å². The van der Waals surface area contributed by atoms with Gasteiger partial charge in [0.05, 0.1) is 33.0 Å². The van der Waals surface area contributed by atoms with Crippen molar-refractivity contribution in [2.24, 2.45) is 5.73 Å². The Balaban J connectivity index is 2.08. The standard InChI is InChI=1S/C15H32N2O3/c1-17(15(14-16)6-4-3-5-7-15)8-9-19-12-13-20-11-10-18-2/h3-14,16H2,1-2H3. The molecule has 0 bridgehead atoms. The molecule has 5 heteroatoms. The van der Waals surface area contributed by atoms with Crippen LogP contribution in [0.1, 0.15) is 32.1 Å². The topological polar surface area (TPSA) is 57.0 Å². The van der Waals surface area contributed by atoms with Gasteiger partial charge < -0.3 is 19.9 Å². The molecule has 0 aromatic carbocycles. The molecule has 1 fully saturated rings. The summed E-state index contributed by atoms with van der Waals surface area (Å²) in [6.07, 6.45) is 6.40. The molecule has 0 aromatic rings. The molecule has 2 N–H and O–H groups in total. The molecule has 1 aliphatic rings. The van der Waals surface area contributed by atoms with E-state index in [1.54, 1.807) is 7.11 Å². The first-order valence-corrected chi connectivity index (χ1v) is 7.81. The van der Waals surface area contributed by atoms with Gasteiger partial charge in [-0.2, -0.15) is 0 Å². The fourth-order valence-electron chi connectivity index (χ4n) is 2.85. The smallest absolute Gasteiger partial charge is 0.0701 e. The number of nitrogens with zero attached hydrogens (tertiary/aromatic N) is 1. The molecule has 1 saturated carbocycles. The highest BCUT2D eigenvalue weighted by atomic mass is 16.5. The van der Waals surface area contributed by atoms with Crippen LogP contribution in [-0.2, 0) is 14.2 Å². The zero-order chi connectivity index (χ0) is 14.7. The van der Waals surface area contributed by atoms with Gasteiger partial charge in [0.25, 0.3) is 0 Å². The summed E-state index contributed by atoms with van der Waals surface area (Å²) in [6.45, 7) is 4.99. The highest BCUT2D eigenvalue weighted by Gasteiger charge is 2.34. The Morgan fingerprint density at radius 2 is 1.55 bits per heavy atom. The maximum atomic E-state index is 6.02. The van der Waals surface area contributed by atoms with E-state index in [2.05, 4.69) is 11.9 Å². The van der Waals surface area contributed by atoms with Crippen LogP contribution in [0.3, 0.4) is 0 Å². The van der Waals surface area contributed by atoms with Crippen LogP contribution >= 0.6 is 0 Å². The van der Waals surface area contributed by atoms with Crippen LogP contribution in [0.4, 0.5) is 0 Å². The number of rotatable bonds is 11. The molecule has 0 spiro atoms. The minimum absolute atomic E-state index is 0.205. The summed E-state index contributed by atoms with van der Waals surface area (Å²) in [7, 11) is 3.85. The summed E-state index contributed by atoms with van der Waals surface area (Å²) in [5.74, 6) is 0. The van der Waals surface area contributed by atoms with Crippen molar-refractivity contribution in [1.82, 2.24) is 4.90 Å². The van der Waals surface area contributed by atoms with E-state index in [0.717, 1.165) is 19.7 Å². The Kier molecular flexibility index (Phi) is 9.39. The Morgan fingerprint density at radius 1 is 0.950 bits per heavy atom. The highest BCUT2D eigenvalue weighted by Crippen LogP contribution is 2.31. The van der Waals surface area contributed by atoms with Gasteiger partial charge in [0.1, 0.15) is 0 Å². The molecule has 5 nitrogen and oxygen atoms in total. The number of hydrogen-bond donors (Lipinski definition) is 1. The van der Waals surface area contributed by atoms with Crippen LogP contribution in [0.2, 0.25) is 0 Å². The number of methoxy groups -OCH3 is 1. The number of hydrogen-bond acceptors (Lipinski definition) is 5. The van der Waals surface area contributed by atoms with Crippen LogP contribution in [-0.4, -0.2) is 70.7 Å². The van der Waals surface area contributed by atoms with Gasteiger partial charge in [-0.25, -0.2) is 0 Å². The second-order valence-electron chi connectivity index (χ2n) is 5.63. The second kappa shape index (κ2) is 10.5. The van der Waals surface area contributed by atoms with Gasteiger partial charge in [-0.3, -0.25) is 4.90 Å². The molecular weight excluding hydrogens is 256 g/mol. The average molecular weight is 288 g/mol. The fraction of sp³-hybridized carbons (Fsp3) is 1.00. The van der Waals surface area contributed by atoms with Crippen LogP contribution in [0.25, 0.3) is 0 Å². The average Bonchev–Trinajstić information content (AvgIpc) is 2.50. The Labute approximate surface area is 123 Å². The molecule has 1 rings (SSSR count). The monoisotopic (exact) mass is 288 g/mol. The first kappa shape index (κ1) is 17.9. The number of likely N-dealkylation sites (N-methyl/N-ethyl adjacent to an activating group) is 1. The van der Waals surface area contributed by atoms with E-state index in [4.69, 9.17) is 19.9 Å². The summed E-state index contributed by atoms with van der Waals surface area (Å²) in [5.41, 5.74) is 6.23. The number of nitrogens with two attached hydrogens (primary N) is 1. The van der Waals surface area contributed by atoms with E-state index in [1.807, 2.05) is 0 Å². The van der Waals surface area contributed by atoms with E-state index in [1.165, 1.54) is 32.1 Å². The van der Waals surface area contributed by atoms with E-state index >= 15 is 0 Å². The minimum Gasteiger partial charge on any atom is -0.382 e. The van der Waals surface area contributed by atoms with Crippen molar-refractivity contribution >= 4 is 0 Å². The molecule has 0 aromatic heterocycles. The summed E-state index contributed by atoms with van der Waals surface area (Å²) >= 11 is 0. The lowest BCUT2D eigenvalue weighted by Crippen LogP contribution is -2.54. The SMILES string of the molecule is COCCOCCOCCN(C)C1(CN)CCCCC1. The lowest BCUT2D eigenvalue weighted by molar-refractivity contribution is 0.00664. The van der Waals surface area contributed by atoms with Crippen LogP contribution < -0.4 is 5.73 Å². The van der Waals surface area contributed by atoms with Crippen molar-refractivity contribution in [2.75, 3.05) is 60.3 Å². The molecule has 0 atom stereocenters. The quantitative estimate of drug-likeness (QED) is 0.580. The lowest BCUT2D eigenvalue weighted by atomic mass is 9.80. The third-order valence-corrected chi connectivity index (χ3v) is 4.35. The Morgan fingerprint density at radius 3 is 2.15 bits per heavy atom. The van der Waals surface area contributed by atoms with Crippen LogP contribution in [0.5, 0.6) is 0 Å². The molecule has 0 aliphatic heterocycles. The van der Waals surface area contributed by atoms with Gasteiger partial charge in [0.2, 0.25) is 0 Å². The first-order chi connectivity index (χ1) is 9.75. The maximum Gasteiger partial charge on any atom is 0.0701 e. The molecule has 0 radical (unpaired) electrons. The normalized spacial score (nSPS) is 18.6. The number of ether oxygens (including phenoxy) is 3. The summed E-state index contributed by atoms with van der Waals surface area (Å²) in [6, 6.07) is 0. The van der Waals surface area contributed by atoms with E-state index in [-0.39, 0.29) is 5.54 Å². The fourth-order valence-corrected chi connectivity index (χ4v) is 2.85. The highest BCUT2D eigenvalue weighted by molar-refractivity contribution is 4.92. The van der Waals surface area contributed by atoms with Gasteiger partial charge in [-0.05, 0) is 19.9 Å². The molecular formula is C15H32N2O3. The molecule has 120 valence electrons. The van der Waals surface area contributed by atoms with Crippen LogP contribution in [0, 0.1) is 0 Å². The molecule has 20 heavy (non-hydrogen) atoms. The Hall–Kier alpha value is -0.200. The summed E-state index contributed by atoms with van der Waals surface area (Å²) < 4.78 is 15.9. The van der Waals surface area contributed by atoms with Gasteiger partial charge in [0, 0.05) is 25.7 Å². The van der Waals surface area contributed by atoms with Gasteiger partial charge in [-0.15, -0.1) is 0 Å². The molecule has 1 aliphatic carbocycles. The zero-order valence-corrected chi connectivity index (χ0v) is 13.2. The van der Waals surface area contributed by atoms with Crippen molar-refractivity contribution in [3.05, 3.63) is 0 Å². The third-order valence-electron chi connectivity index (χ3n) is 4.35. The second-order valence-corrected chi connectivity index (χ2v) is 5.63. The lowest BCUT2D eigenvalue weighted by Gasteiger charge is -2.44. The molecule has 0 unspecified atom stereocenters. The summed E-state index contributed by atoms with van der Waals surface area (Å²) in [4.78, 5) is 2.40. The van der Waals surface area contributed by atoms with Gasteiger partial charge >= 0.3 is 0 Å². The maximum absolute atomic E-state index is 6.02. The molecule has 0 amide bonds. The predicted molar refractivity (Wildman–Crippen MR) is 81.0 cm³/mol. The minimum atomic E-state index is 0.205. The molecule has 0 heterocycles. The van der Waals surface area contributed by atoms with E-state index in [0.29, 0.717) is 26.4 Å². The van der Waals surface area contributed by atoms with Crippen molar-refractivity contribution in [3.63, 3.8) is 0 Å². The van der Waals surface area contributed by atoms with Gasteiger partial charge in [0.15, 0.2) is 0 Å².